The van der Waals surface area contributed by atoms with Crippen LogP contribution in [0, 0.1) is 6.92 Å². The van der Waals surface area contributed by atoms with Crippen molar-refractivity contribution in [1.82, 2.24) is 15.5 Å². The highest BCUT2D eigenvalue weighted by Gasteiger charge is 2.13. The number of nitrogens with zero attached hydrogens (tertiary/aromatic N) is 2. The Kier molecular flexibility index (Phi) is 6.28. The van der Waals surface area contributed by atoms with Crippen LogP contribution in [0.25, 0.3) is 0 Å². The first-order valence-electron chi connectivity index (χ1n) is 8.99. The van der Waals surface area contributed by atoms with Gasteiger partial charge in [0, 0.05) is 25.2 Å². The SMILES string of the molecule is Cc1nnc(C(=O)NCc2ccc(NSc3cc(C(C)C)c(O)cc3O)cc2)o1. The summed E-state index contributed by atoms with van der Waals surface area (Å²) < 4.78 is 8.25. The van der Waals surface area contributed by atoms with Gasteiger partial charge in [-0.3, -0.25) is 4.79 Å². The molecule has 3 aromatic rings. The molecular formula is C20H22N4O4S. The third-order valence-electron chi connectivity index (χ3n) is 4.14. The second-order valence-corrected chi connectivity index (χ2v) is 7.59. The van der Waals surface area contributed by atoms with Crippen LogP contribution in [-0.2, 0) is 6.54 Å². The summed E-state index contributed by atoms with van der Waals surface area (Å²) in [6.45, 7) is 5.90. The number of phenols is 2. The molecule has 0 aliphatic heterocycles. The van der Waals surface area contributed by atoms with Crippen LogP contribution in [0.15, 0.2) is 45.7 Å². The van der Waals surface area contributed by atoms with Crippen LogP contribution in [0.3, 0.4) is 0 Å². The lowest BCUT2D eigenvalue weighted by atomic mass is 10.0. The highest BCUT2D eigenvalue weighted by molar-refractivity contribution is 8.00. The monoisotopic (exact) mass is 414 g/mol. The van der Waals surface area contributed by atoms with Gasteiger partial charge in [0.1, 0.15) is 11.5 Å². The molecule has 1 aromatic heterocycles. The van der Waals surface area contributed by atoms with Crippen molar-refractivity contribution in [3.63, 3.8) is 0 Å². The standard InChI is InChI=1S/C20H22N4O4S/c1-11(2)15-8-18(17(26)9-16(15)25)29-24-14-6-4-13(5-7-14)10-21-19(27)20-23-22-12(3)28-20/h4-9,11,24-26H,10H2,1-3H3,(H,21,27). The minimum absolute atomic E-state index is 0.0139. The van der Waals surface area contributed by atoms with E-state index in [1.165, 1.54) is 18.0 Å². The lowest BCUT2D eigenvalue weighted by Crippen LogP contribution is -2.23. The van der Waals surface area contributed by atoms with Crippen molar-refractivity contribution in [3.8, 4) is 11.5 Å². The van der Waals surface area contributed by atoms with Crippen LogP contribution in [-0.4, -0.2) is 26.3 Å². The Morgan fingerprint density at radius 2 is 1.86 bits per heavy atom. The van der Waals surface area contributed by atoms with Crippen molar-refractivity contribution in [3.05, 3.63) is 59.3 Å². The van der Waals surface area contributed by atoms with Crippen molar-refractivity contribution >= 4 is 23.5 Å². The number of amides is 1. The summed E-state index contributed by atoms with van der Waals surface area (Å²) in [5, 5.41) is 30.0. The van der Waals surface area contributed by atoms with E-state index >= 15 is 0 Å². The molecule has 0 bridgehead atoms. The third-order valence-corrected chi connectivity index (χ3v) is 5.02. The van der Waals surface area contributed by atoms with Crippen LogP contribution >= 0.6 is 11.9 Å². The first-order chi connectivity index (χ1) is 13.8. The molecule has 0 radical (unpaired) electrons. The zero-order valence-corrected chi connectivity index (χ0v) is 17.1. The molecule has 152 valence electrons. The molecule has 1 heterocycles. The second kappa shape index (κ2) is 8.87. The maximum Gasteiger partial charge on any atom is 0.309 e. The number of phenolic OH excluding ortho intramolecular Hbond substituents is 2. The minimum atomic E-state index is -0.424. The predicted octanol–water partition coefficient (Wildman–Crippen LogP) is 3.96. The molecule has 0 aliphatic rings. The van der Waals surface area contributed by atoms with Crippen molar-refractivity contribution in [2.75, 3.05) is 4.72 Å². The number of carbonyl (C=O) groups excluding carboxylic acids is 1. The molecule has 29 heavy (non-hydrogen) atoms. The lowest BCUT2D eigenvalue weighted by Gasteiger charge is -2.13. The van der Waals surface area contributed by atoms with E-state index in [1.807, 2.05) is 38.1 Å². The number of hydrogen-bond acceptors (Lipinski definition) is 8. The van der Waals surface area contributed by atoms with Gasteiger partial charge < -0.3 is 24.7 Å². The van der Waals surface area contributed by atoms with Crippen LogP contribution in [0.4, 0.5) is 5.69 Å². The van der Waals surface area contributed by atoms with E-state index in [0.29, 0.717) is 17.3 Å². The topological polar surface area (TPSA) is 121 Å². The van der Waals surface area contributed by atoms with E-state index in [2.05, 4.69) is 20.2 Å². The van der Waals surface area contributed by atoms with Gasteiger partial charge in [0.2, 0.25) is 5.89 Å². The van der Waals surface area contributed by atoms with Gasteiger partial charge in [0.15, 0.2) is 0 Å². The van der Waals surface area contributed by atoms with Crippen molar-refractivity contribution in [2.45, 2.75) is 38.1 Å². The molecule has 0 aliphatic carbocycles. The van der Waals surface area contributed by atoms with Crippen molar-refractivity contribution in [2.24, 2.45) is 0 Å². The molecule has 0 atom stereocenters. The van der Waals surface area contributed by atoms with Crippen molar-refractivity contribution in [1.29, 1.82) is 0 Å². The molecule has 2 aromatic carbocycles. The quantitative estimate of drug-likeness (QED) is 0.429. The summed E-state index contributed by atoms with van der Waals surface area (Å²) in [5.41, 5.74) is 2.51. The Balaban J connectivity index is 1.57. The summed E-state index contributed by atoms with van der Waals surface area (Å²) in [5.74, 6) is 0.0893. The predicted molar refractivity (Wildman–Crippen MR) is 110 cm³/mol. The van der Waals surface area contributed by atoms with Gasteiger partial charge in [-0.05, 0) is 47.2 Å². The third kappa shape index (κ3) is 5.20. The Morgan fingerprint density at radius 3 is 2.48 bits per heavy atom. The van der Waals surface area contributed by atoms with Gasteiger partial charge in [-0.15, -0.1) is 10.2 Å². The number of benzene rings is 2. The Hall–Kier alpha value is -3.20. The number of hydrogen-bond donors (Lipinski definition) is 4. The second-order valence-electron chi connectivity index (χ2n) is 6.74. The fraction of sp³-hybridized carbons (Fsp3) is 0.250. The molecule has 4 N–H and O–H groups in total. The maximum absolute atomic E-state index is 11.9. The Bertz CT molecular complexity index is 1000. The van der Waals surface area contributed by atoms with Gasteiger partial charge in [-0.1, -0.05) is 26.0 Å². The fourth-order valence-electron chi connectivity index (χ4n) is 2.57. The van der Waals surface area contributed by atoms with Gasteiger partial charge in [-0.2, -0.15) is 0 Å². The van der Waals surface area contributed by atoms with Crippen LogP contribution in [0.1, 0.15) is 47.5 Å². The fourth-order valence-corrected chi connectivity index (χ4v) is 3.28. The van der Waals surface area contributed by atoms with Gasteiger partial charge in [0.05, 0.1) is 4.90 Å². The average Bonchev–Trinajstić information content (AvgIpc) is 3.12. The van der Waals surface area contributed by atoms with Gasteiger partial charge in [0.25, 0.3) is 0 Å². The number of rotatable bonds is 7. The number of carbonyl (C=O) groups is 1. The maximum atomic E-state index is 11.9. The number of nitrogens with one attached hydrogen (secondary N) is 2. The first kappa shape index (κ1) is 20.5. The summed E-state index contributed by atoms with van der Waals surface area (Å²) in [7, 11) is 0. The van der Waals surface area contributed by atoms with E-state index in [0.717, 1.165) is 16.8 Å². The zero-order chi connectivity index (χ0) is 21.0. The number of aryl methyl sites for hydroxylation is 1. The molecule has 0 spiro atoms. The summed E-state index contributed by atoms with van der Waals surface area (Å²) in [6.07, 6.45) is 0. The minimum Gasteiger partial charge on any atom is -0.508 e. The largest absolute Gasteiger partial charge is 0.508 e. The molecular weight excluding hydrogens is 392 g/mol. The summed E-state index contributed by atoms with van der Waals surface area (Å²) in [4.78, 5) is 12.5. The van der Waals surface area contributed by atoms with E-state index < -0.39 is 5.91 Å². The highest BCUT2D eigenvalue weighted by atomic mass is 32.2. The zero-order valence-electron chi connectivity index (χ0n) is 16.3. The van der Waals surface area contributed by atoms with Crippen LogP contribution in [0.5, 0.6) is 11.5 Å². The highest BCUT2D eigenvalue weighted by Crippen LogP contribution is 2.37. The Labute approximate surface area is 172 Å². The normalized spacial score (nSPS) is 10.9. The molecule has 8 nitrogen and oxygen atoms in total. The molecule has 0 fully saturated rings. The molecule has 0 unspecified atom stereocenters. The van der Waals surface area contributed by atoms with E-state index in [4.69, 9.17) is 4.42 Å². The molecule has 1 amide bonds. The molecule has 0 saturated heterocycles. The van der Waals surface area contributed by atoms with E-state index in [-0.39, 0.29) is 23.3 Å². The lowest BCUT2D eigenvalue weighted by molar-refractivity contribution is 0.0915. The van der Waals surface area contributed by atoms with Crippen molar-refractivity contribution < 1.29 is 19.4 Å². The van der Waals surface area contributed by atoms with Gasteiger partial charge in [-0.25, -0.2) is 0 Å². The van der Waals surface area contributed by atoms with Crippen LogP contribution < -0.4 is 10.0 Å². The van der Waals surface area contributed by atoms with E-state index in [9.17, 15) is 15.0 Å². The number of anilines is 1. The summed E-state index contributed by atoms with van der Waals surface area (Å²) >= 11 is 1.26. The number of aromatic hydroxyl groups is 2. The first-order valence-corrected chi connectivity index (χ1v) is 9.81. The molecule has 9 heteroatoms. The smallest absolute Gasteiger partial charge is 0.309 e. The van der Waals surface area contributed by atoms with Gasteiger partial charge >= 0.3 is 11.8 Å². The molecule has 0 saturated carbocycles. The molecule has 3 rings (SSSR count). The summed E-state index contributed by atoms with van der Waals surface area (Å²) in [6, 6.07) is 10.6. The Morgan fingerprint density at radius 1 is 1.14 bits per heavy atom. The van der Waals surface area contributed by atoms with Crippen LogP contribution in [0.2, 0.25) is 0 Å². The number of aromatic nitrogens is 2. The van der Waals surface area contributed by atoms with E-state index in [1.54, 1.807) is 13.0 Å². The average molecular weight is 414 g/mol.